The number of fused-ring (bicyclic) bond motifs is 4. The van der Waals surface area contributed by atoms with Crippen LogP contribution in [0, 0.1) is 0 Å². The van der Waals surface area contributed by atoms with Gasteiger partial charge in [-0.25, -0.2) is 4.79 Å². The maximum absolute atomic E-state index is 13.0. The molecule has 166 valence electrons. The van der Waals surface area contributed by atoms with Crippen LogP contribution in [0.25, 0.3) is 22.0 Å². The first-order chi connectivity index (χ1) is 16.0. The number of hydrogen-bond acceptors (Lipinski definition) is 3. The number of aromatic nitrogens is 1. The van der Waals surface area contributed by atoms with Gasteiger partial charge in [-0.15, -0.1) is 0 Å². The van der Waals surface area contributed by atoms with E-state index in [4.69, 9.17) is 4.74 Å². The zero-order chi connectivity index (χ0) is 22.9. The third-order valence-corrected chi connectivity index (χ3v) is 6.30. The highest BCUT2D eigenvalue weighted by Gasteiger charge is 2.30. The molecule has 1 heterocycles. The van der Waals surface area contributed by atoms with Crippen LogP contribution in [-0.4, -0.2) is 39.8 Å². The van der Waals surface area contributed by atoms with E-state index in [0.29, 0.717) is 0 Å². The molecule has 1 aliphatic rings. The summed E-state index contributed by atoms with van der Waals surface area (Å²) in [6, 6.07) is 24.0. The molecule has 1 amide bonds. The predicted molar refractivity (Wildman–Crippen MR) is 126 cm³/mol. The van der Waals surface area contributed by atoms with E-state index in [-0.39, 0.29) is 19.1 Å². The average Bonchev–Trinajstić information content (AvgIpc) is 3.35. The number of carboxylic acids is 1. The number of aryl methyl sites for hydroxylation is 1. The third-order valence-electron chi connectivity index (χ3n) is 6.30. The van der Waals surface area contributed by atoms with E-state index in [0.717, 1.165) is 38.7 Å². The second-order valence-corrected chi connectivity index (χ2v) is 8.33. The Hall–Kier alpha value is -4.06. The average molecular weight is 440 g/mol. The minimum absolute atomic E-state index is 0.0782. The molecule has 0 saturated carbocycles. The van der Waals surface area contributed by atoms with Gasteiger partial charge in [0.05, 0.1) is 6.54 Å². The Balaban J connectivity index is 1.37. The van der Waals surface area contributed by atoms with E-state index in [9.17, 15) is 14.7 Å². The zero-order valence-corrected chi connectivity index (χ0v) is 18.3. The Morgan fingerprint density at radius 1 is 0.939 bits per heavy atom. The summed E-state index contributed by atoms with van der Waals surface area (Å²) >= 11 is 0. The standard InChI is InChI=1S/C27H24N2O4/c1-28-14-13-19-18(7-6-12-25(19)28)15-29(16-26(30)31)27(32)33-17-24-22-10-4-2-8-20(22)21-9-3-5-11-23(21)24/h2-14,24H,15-17H2,1H3,(H,30,31). The molecule has 0 saturated heterocycles. The quantitative estimate of drug-likeness (QED) is 0.457. The highest BCUT2D eigenvalue weighted by atomic mass is 16.6. The molecule has 0 spiro atoms. The molecule has 1 N–H and O–H groups in total. The van der Waals surface area contributed by atoms with Crippen molar-refractivity contribution in [3.63, 3.8) is 0 Å². The molecule has 0 radical (unpaired) electrons. The summed E-state index contributed by atoms with van der Waals surface area (Å²) < 4.78 is 7.70. The Labute approximate surface area is 191 Å². The fraction of sp³-hybridized carbons (Fsp3) is 0.185. The summed E-state index contributed by atoms with van der Waals surface area (Å²) in [6.07, 6.45) is 1.32. The summed E-state index contributed by atoms with van der Waals surface area (Å²) in [4.78, 5) is 25.8. The highest BCUT2D eigenvalue weighted by molar-refractivity contribution is 5.84. The van der Waals surface area contributed by atoms with Gasteiger partial charge >= 0.3 is 12.1 Å². The molecule has 0 atom stereocenters. The second-order valence-electron chi connectivity index (χ2n) is 8.33. The molecule has 0 bridgehead atoms. The lowest BCUT2D eigenvalue weighted by Gasteiger charge is -2.22. The number of aliphatic carboxylic acids is 1. The van der Waals surface area contributed by atoms with Crippen molar-refractivity contribution in [2.24, 2.45) is 7.05 Å². The Kier molecular flexibility index (Phi) is 5.34. The highest BCUT2D eigenvalue weighted by Crippen LogP contribution is 2.44. The molecule has 0 unspecified atom stereocenters. The van der Waals surface area contributed by atoms with Gasteiger partial charge in [0.2, 0.25) is 0 Å². The van der Waals surface area contributed by atoms with Crippen LogP contribution in [0.1, 0.15) is 22.6 Å². The van der Waals surface area contributed by atoms with E-state index in [2.05, 4.69) is 24.3 Å². The van der Waals surface area contributed by atoms with Gasteiger partial charge in [0.1, 0.15) is 13.2 Å². The molecule has 0 fully saturated rings. The van der Waals surface area contributed by atoms with Crippen molar-refractivity contribution in [3.8, 4) is 11.1 Å². The van der Waals surface area contributed by atoms with Crippen LogP contribution in [0.4, 0.5) is 4.79 Å². The number of hydrogen-bond donors (Lipinski definition) is 1. The molecule has 6 heteroatoms. The van der Waals surface area contributed by atoms with Gasteiger partial charge in [0.25, 0.3) is 0 Å². The Morgan fingerprint density at radius 2 is 1.61 bits per heavy atom. The summed E-state index contributed by atoms with van der Waals surface area (Å²) in [5, 5.41) is 10.4. The van der Waals surface area contributed by atoms with Crippen LogP contribution in [0.15, 0.2) is 79.0 Å². The van der Waals surface area contributed by atoms with Gasteiger partial charge < -0.3 is 14.4 Å². The maximum atomic E-state index is 13.0. The molecule has 0 aliphatic heterocycles. The minimum atomic E-state index is -1.08. The lowest BCUT2D eigenvalue weighted by atomic mass is 9.98. The van der Waals surface area contributed by atoms with E-state index < -0.39 is 18.6 Å². The van der Waals surface area contributed by atoms with Crippen LogP contribution in [0.2, 0.25) is 0 Å². The maximum Gasteiger partial charge on any atom is 0.410 e. The van der Waals surface area contributed by atoms with Crippen LogP contribution in [0.3, 0.4) is 0 Å². The van der Waals surface area contributed by atoms with Gasteiger partial charge in [-0.2, -0.15) is 0 Å². The van der Waals surface area contributed by atoms with Crippen molar-refractivity contribution in [2.45, 2.75) is 12.5 Å². The Bertz CT molecular complexity index is 1310. The molecule has 1 aliphatic carbocycles. The summed E-state index contributed by atoms with van der Waals surface area (Å²) in [6.45, 7) is -0.122. The van der Waals surface area contributed by atoms with Crippen molar-refractivity contribution in [3.05, 3.63) is 95.7 Å². The lowest BCUT2D eigenvalue weighted by molar-refractivity contribution is -0.138. The van der Waals surface area contributed by atoms with Gasteiger partial charge in [-0.1, -0.05) is 60.7 Å². The number of amides is 1. The smallest absolute Gasteiger partial charge is 0.410 e. The molecule has 1 aromatic heterocycles. The van der Waals surface area contributed by atoms with Crippen molar-refractivity contribution in [1.29, 1.82) is 0 Å². The fourth-order valence-electron chi connectivity index (χ4n) is 4.74. The van der Waals surface area contributed by atoms with Gasteiger partial charge in [0, 0.05) is 30.1 Å². The van der Waals surface area contributed by atoms with E-state index >= 15 is 0 Å². The van der Waals surface area contributed by atoms with E-state index in [1.807, 2.05) is 66.3 Å². The van der Waals surface area contributed by atoms with Gasteiger partial charge in [-0.05, 0) is 39.9 Å². The van der Waals surface area contributed by atoms with E-state index in [1.165, 1.54) is 4.90 Å². The number of carboxylic acid groups (broad SMARTS) is 1. The topological polar surface area (TPSA) is 71.8 Å². The van der Waals surface area contributed by atoms with Crippen LogP contribution < -0.4 is 0 Å². The van der Waals surface area contributed by atoms with Crippen LogP contribution >= 0.6 is 0 Å². The number of rotatable bonds is 6. The summed E-state index contributed by atoms with van der Waals surface area (Å²) in [5.41, 5.74) is 6.42. The summed E-state index contributed by atoms with van der Waals surface area (Å²) in [5.74, 6) is -1.16. The molecule has 33 heavy (non-hydrogen) atoms. The summed E-state index contributed by atoms with van der Waals surface area (Å²) in [7, 11) is 1.95. The van der Waals surface area contributed by atoms with Crippen molar-refractivity contribution in [1.82, 2.24) is 9.47 Å². The normalized spacial score (nSPS) is 12.4. The van der Waals surface area contributed by atoms with Crippen LogP contribution in [0.5, 0.6) is 0 Å². The first-order valence-corrected chi connectivity index (χ1v) is 10.9. The molecular weight excluding hydrogens is 416 g/mol. The van der Waals surface area contributed by atoms with E-state index in [1.54, 1.807) is 0 Å². The number of ether oxygens (including phenoxy) is 1. The second kappa shape index (κ2) is 8.47. The predicted octanol–water partition coefficient (Wildman–Crippen LogP) is 5.01. The lowest BCUT2D eigenvalue weighted by Crippen LogP contribution is -2.36. The van der Waals surface area contributed by atoms with Crippen molar-refractivity contribution >= 4 is 23.0 Å². The number of carbonyl (C=O) groups excluding carboxylic acids is 1. The van der Waals surface area contributed by atoms with Crippen molar-refractivity contribution in [2.75, 3.05) is 13.2 Å². The number of carbonyl (C=O) groups is 2. The molecule has 3 aromatic carbocycles. The molecule has 6 nitrogen and oxygen atoms in total. The zero-order valence-electron chi connectivity index (χ0n) is 18.3. The fourth-order valence-corrected chi connectivity index (χ4v) is 4.74. The third kappa shape index (κ3) is 3.84. The number of nitrogens with zero attached hydrogens (tertiary/aromatic N) is 2. The molecule has 4 aromatic rings. The Morgan fingerprint density at radius 3 is 2.27 bits per heavy atom. The first-order valence-electron chi connectivity index (χ1n) is 10.9. The van der Waals surface area contributed by atoms with Gasteiger partial charge in [0.15, 0.2) is 0 Å². The monoisotopic (exact) mass is 440 g/mol. The van der Waals surface area contributed by atoms with Gasteiger partial charge in [-0.3, -0.25) is 9.69 Å². The van der Waals surface area contributed by atoms with Crippen molar-refractivity contribution < 1.29 is 19.4 Å². The minimum Gasteiger partial charge on any atom is -0.480 e. The van der Waals surface area contributed by atoms with Crippen LogP contribution in [-0.2, 0) is 23.1 Å². The molecule has 5 rings (SSSR count). The first kappa shape index (κ1) is 20.8. The largest absolute Gasteiger partial charge is 0.480 e. The number of benzene rings is 3. The SMILES string of the molecule is Cn1ccc2c(CN(CC(=O)O)C(=O)OCC3c4ccccc4-c4ccccc43)cccc21. The molecular formula is C27H24N2O4.